The van der Waals surface area contributed by atoms with Crippen LogP contribution in [0.3, 0.4) is 0 Å². The number of benzene rings is 1. The number of aryl methyl sites for hydroxylation is 1. The molecule has 25 heavy (non-hydrogen) atoms. The van der Waals surface area contributed by atoms with Crippen LogP contribution in [0.15, 0.2) is 49.5 Å². The number of nitrogens with zero attached hydrogens (tertiary/aromatic N) is 1. The van der Waals surface area contributed by atoms with E-state index in [0.717, 1.165) is 5.56 Å². The first-order chi connectivity index (χ1) is 11.6. The molecule has 0 bridgehead atoms. The first kappa shape index (κ1) is 18.7. The first-order valence-electron chi connectivity index (χ1n) is 7.62. The van der Waals surface area contributed by atoms with Crippen LogP contribution in [0.25, 0.3) is 0 Å². The van der Waals surface area contributed by atoms with E-state index in [2.05, 4.69) is 9.93 Å². The van der Waals surface area contributed by atoms with Crippen LogP contribution in [0.2, 0.25) is 0 Å². The molecule has 2 N–H and O–H groups in total. The standard InChI is InChI=1S/C17H20N2O5S/c1-10(2)13-5-7-14(8-6-13)25(22,23)19-18-12(4)16-15(20)9-11(3)24-17(16)21/h5-10,19-20H,1-4H3. The van der Waals surface area contributed by atoms with Gasteiger partial charge in [-0.15, -0.1) is 0 Å². The Balaban J connectivity index is 2.29. The molecule has 1 aromatic heterocycles. The Hall–Kier alpha value is -2.61. The fourth-order valence-corrected chi connectivity index (χ4v) is 3.05. The van der Waals surface area contributed by atoms with Crippen LogP contribution in [-0.2, 0) is 10.0 Å². The van der Waals surface area contributed by atoms with E-state index in [1.807, 2.05) is 13.8 Å². The van der Waals surface area contributed by atoms with Crippen molar-refractivity contribution in [2.45, 2.75) is 38.5 Å². The Bertz CT molecular complexity index is 958. The van der Waals surface area contributed by atoms with Gasteiger partial charge in [0.1, 0.15) is 17.1 Å². The summed E-state index contributed by atoms with van der Waals surface area (Å²) in [6.45, 7) is 6.93. The number of nitrogens with one attached hydrogen (secondary N) is 1. The molecule has 1 aromatic carbocycles. The molecule has 7 nitrogen and oxygen atoms in total. The highest BCUT2D eigenvalue weighted by Crippen LogP contribution is 2.18. The minimum Gasteiger partial charge on any atom is -0.507 e. The van der Waals surface area contributed by atoms with Gasteiger partial charge in [-0.3, -0.25) is 0 Å². The van der Waals surface area contributed by atoms with Gasteiger partial charge in [-0.25, -0.2) is 4.79 Å². The molecule has 8 heteroatoms. The molecule has 0 atom stereocenters. The molecule has 2 aromatic rings. The van der Waals surface area contributed by atoms with Crippen molar-refractivity contribution < 1.29 is 17.9 Å². The predicted molar refractivity (Wildman–Crippen MR) is 94.4 cm³/mol. The highest BCUT2D eigenvalue weighted by molar-refractivity contribution is 7.89. The zero-order valence-corrected chi connectivity index (χ0v) is 15.2. The normalized spacial score (nSPS) is 12.4. The highest BCUT2D eigenvalue weighted by atomic mass is 32.2. The van der Waals surface area contributed by atoms with Crippen LogP contribution in [0, 0.1) is 6.92 Å². The van der Waals surface area contributed by atoms with Crippen LogP contribution in [0.5, 0.6) is 5.75 Å². The van der Waals surface area contributed by atoms with Crippen molar-refractivity contribution in [1.82, 2.24) is 4.83 Å². The summed E-state index contributed by atoms with van der Waals surface area (Å²) in [6, 6.07) is 7.70. The Morgan fingerprint density at radius 2 is 1.84 bits per heavy atom. The maximum Gasteiger partial charge on any atom is 0.348 e. The molecule has 0 spiro atoms. The minimum atomic E-state index is -3.89. The van der Waals surface area contributed by atoms with Crippen molar-refractivity contribution >= 4 is 15.7 Å². The van der Waals surface area contributed by atoms with Gasteiger partial charge in [-0.1, -0.05) is 26.0 Å². The minimum absolute atomic E-state index is 0.00590. The number of rotatable bonds is 5. The lowest BCUT2D eigenvalue weighted by molar-refractivity contribution is 0.432. The molecule has 134 valence electrons. The fraction of sp³-hybridized carbons (Fsp3) is 0.294. The number of hydrogen-bond acceptors (Lipinski definition) is 6. The summed E-state index contributed by atoms with van der Waals surface area (Å²) in [4.78, 5) is 13.9. The van der Waals surface area contributed by atoms with Gasteiger partial charge in [0.15, 0.2) is 0 Å². The molecule has 0 saturated heterocycles. The predicted octanol–water partition coefficient (Wildman–Crippen LogP) is 2.48. The smallest absolute Gasteiger partial charge is 0.348 e. The quantitative estimate of drug-likeness (QED) is 0.626. The average Bonchev–Trinajstić information content (AvgIpc) is 2.52. The number of sulfonamides is 1. The summed E-state index contributed by atoms with van der Waals surface area (Å²) < 4.78 is 29.5. The van der Waals surface area contributed by atoms with Crippen LogP contribution >= 0.6 is 0 Å². The van der Waals surface area contributed by atoms with E-state index in [1.165, 1.54) is 32.0 Å². The summed E-state index contributed by atoms with van der Waals surface area (Å²) in [7, 11) is -3.89. The summed E-state index contributed by atoms with van der Waals surface area (Å²) in [5.41, 5.74) is 0.0251. The van der Waals surface area contributed by atoms with E-state index in [9.17, 15) is 18.3 Å². The molecule has 1 heterocycles. The van der Waals surface area contributed by atoms with E-state index in [1.54, 1.807) is 12.1 Å². The maximum atomic E-state index is 12.3. The number of hydrazone groups is 1. The second kappa shape index (κ2) is 7.10. The van der Waals surface area contributed by atoms with Gasteiger partial charge in [-0.05, 0) is 37.5 Å². The van der Waals surface area contributed by atoms with Crippen molar-refractivity contribution in [1.29, 1.82) is 0 Å². The van der Waals surface area contributed by atoms with Crippen molar-refractivity contribution in [2.24, 2.45) is 5.10 Å². The zero-order chi connectivity index (χ0) is 18.8. The Morgan fingerprint density at radius 3 is 2.36 bits per heavy atom. The van der Waals surface area contributed by atoms with Gasteiger partial charge in [-0.2, -0.15) is 18.4 Å². The second-order valence-electron chi connectivity index (χ2n) is 5.92. The van der Waals surface area contributed by atoms with Crippen molar-refractivity contribution in [3.05, 3.63) is 57.6 Å². The van der Waals surface area contributed by atoms with E-state index in [0.29, 0.717) is 0 Å². The van der Waals surface area contributed by atoms with Crippen LogP contribution in [0.1, 0.15) is 43.6 Å². The number of hydrogen-bond donors (Lipinski definition) is 2. The van der Waals surface area contributed by atoms with Gasteiger partial charge >= 0.3 is 5.63 Å². The molecule has 0 aliphatic heterocycles. The van der Waals surface area contributed by atoms with Gasteiger partial charge in [0.25, 0.3) is 10.0 Å². The van der Waals surface area contributed by atoms with Crippen molar-refractivity contribution in [3.8, 4) is 5.75 Å². The number of aromatic hydroxyl groups is 1. The van der Waals surface area contributed by atoms with Crippen LogP contribution < -0.4 is 10.5 Å². The Labute approximate surface area is 146 Å². The largest absolute Gasteiger partial charge is 0.507 e. The maximum absolute atomic E-state index is 12.3. The lowest BCUT2D eigenvalue weighted by Crippen LogP contribution is -2.22. The van der Waals surface area contributed by atoms with Gasteiger partial charge < -0.3 is 9.52 Å². The lowest BCUT2D eigenvalue weighted by Gasteiger charge is -2.08. The third-order valence-corrected chi connectivity index (χ3v) is 4.83. The summed E-state index contributed by atoms with van der Waals surface area (Å²) >= 11 is 0. The summed E-state index contributed by atoms with van der Waals surface area (Å²) in [6.07, 6.45) is 0. The molecule has 0 aliphatic carbocycles. The molecular formula is C17H20N2O5S. The van der Waals surface area contributed by atoms with Crippen molar-refractivity contribution in [3.63, 3.8) is 0 Å². The fourth-order valence-electron chi connectivity index (χ4n) is 2.20. The van der Waals surface area contributed by atoms with Gasteiger partial charge in [0.2, 0.25) is 0 Å². The molecule has 0 unspecified atom stereocenters. The first-order valence-corrected chi connectivity index (χ1v) is 9.10. The van der Waals surface area contributed by atoms with Crippen LogP contribution in [0.4, 0.5) is 0 Å². The molecule has 0 radical (unpaired) electrons. The van der Waals surface area contributed by atoms with E-state index in [4.69, 9.17) is 4.42 Å². The van der Waals surface area contributed by atoms with Gasteiger partial charge in [0, 0.05) is 6.07 Å². The second-order valence-corrected chi connectivity index (χ2v) is 7.58. The molecule has 0 amide bonds. The zero-order valence-electron chi connectivity index (χ0n) is 14.4. The van der Waals surface area contributed by atoms with Crippen LogP contribution in [-0.4, -0.2) is 19.2 Å². The Morgan fingerprint density at radius 1 is 1.24 bits per heavy atom. The lowest BCUT2D eigenvalue weighted by atomic mass is 10.0. The Kier molecular flexibility index (Phi) is 5.32. The SMILES string of the molecule is CC(=NNS(=O)(=O)c1ccc(C(C)C)cc1)c1c(O)cc(C)oc1=O. The molecule has 0 fully saturated rings. The molecule has 0 aliphatic rings. The molecular weight excluding hydrogens is 344 g/mol. The van der Waals surface area contributed by atoms with Crippen molar-refractivity contribution in [2.75, 3.05) is 0 Å². The summed E-state index contributed by atoms with van der Waals surface area (Å²) in [5.74, 6) is 0.203. The highest BCUT2D eigenvalue weighted by Gasteiger charge is 2.16. The van der Waals surface area contributed by atoms with E-state index in [-0.39, 0.29) is 33.6 Å². The molecule has 0 saturated carbocycles. The topological polar surface area (TPSA) is 109 Å². The third-order valence-electron chi connectivity index (χ3n) is 3.61. The molecule has 2 rings (SSSR count). The average molecular weight is 364 g/mol. The monoisotopic (exact) mass is 364 g/mol. The van der Waals surface area contributed by atoms with E-state index < -0.39 is 15.6 Å². The van der Waals surface area contributed by atoms with Gasteiger partial charge in [0.05, 0.1) is 10.6 Å². The summed E-state index contributed by atoms with van der Waals surface area (Å²) in [5, 5.41) is 13.6. The van der Waals surface area contributed by atoms with E-state index >= 15 is 0 Å². The third kappa shape index (κ3) is 4.27.